The average molecular weight is 549 g/mol. The number of anilines is 1. The van der Waals surface area contributed by atoms with Gasteiger partial charge in [-0.25, -0.2) is 0 Å². The largest absolute Gasteiger partial charge is 0.321 e. The number of hydrogen-bond donors (Lipinski definition) is 2. The molecule has 0 fully saturated rings. The van der Waals surface area contributed by atoms with Crippen molar-refractivity contribution in [2.45, 2.75) is 0 Å². The summed E-state index contributed by atoms with van der Waals surface area (Å²) < 4.78 is 0. The van der Waals surface area contributed by atoms with E-state index in [1.165, 1.54) is 6.08 Å². The van der Waals surface area contributed by atoms with Crippen molar-refractivity contribution in [1.29, 1.82) is 0 Å². The summed E-state index contributed by atoms with van der Waals surface area (Å²) in [6.45, 7) is 0. The number of nitrogens with one attached hydrogen (secondary N) is 2. The fourth-order valence-corrected chi connectivity index (χ4v) is 4.26. The predicted octanol–water partition coefficient (Wildman–Crippen LogP) is 7.66. The van der Waals surface area contributed by atoms with E-state index in [9.17, 15) is 14.4 Å². The molecule has 2 N–H and O–H groups in total. The Morgan fingerprint density at radius 2 is 1.10 bits per heavy atom. The molecule has 0 radical (unpaired) electrons. The van der Waals surface area contributed by atoms with Crippen LogP contribution in [0.25, 0.3) is 23.3 Å². The molecule has 0 aliphatic carbocycles. The maximum atomic E-state index is 13.2. The van der Waals surface area contributed by atoms with Gasteiger partial charge in [0.15, 0.2) is 5.78 Å². The minimum absolute atomic E-state index is 0.0939. The highest BCUT2D eigenvalue weighted by Gasteiger charge is 2.15. The van der Waals surface area contributed by atoms with Gasteiger partial charge in [0.05, 0.1) is 0 Å². The summed E-state index contributed by atoms with van der Waals surface area (Å²) in [6, 6.07) is 42.7. The Bertz CT molecular complexity index is 1720. The van der Waals surface area contributed by atoms with Gasteiger partial charge in [0, 0.05) is 16.8 Å². The Labute approximate surface area is 244 Å². The SMILES string of the molecule is O=C(Nc1ccc(C(=O)/C=C/c2ccc(-c3ccccc3)cc2)cc1)/C(=C/c1ccccc1)NC(=O)c1ccccc1. The average Bonchev–Trinajstić information content (AvgIpc) is 3.05. The zero-order chi connectivity index (χ0) is 29.1. The Kier molecular flexibility index (Phi) is 8.92. The highest BCUT2D eigenvalue weighted by Crippen LogP contribution is 2.20. The number of carbonyl (C=O) groups is 3. The van der Waals surface area contributed by atoms with Crippen LogP contribution in [0.1, 0.15) is 31.8 Å². The third kappa shape index (κ3) is 7.43. The molecule has 0 aromatic heterocycles. The first-order valence-electron chi connectivity index (χ1n) is 13.5. The van der Waals surface area contributed by atoms with E-state index in [2.05, 4.69) is 22.8 Å². The van der Waals surface area contributed by atoms with Crippen molar-refractivity contribution < 1.29 is 14.4 Å². The number of benzene rings is 5. The first-order chi connectivity index (χ1) is 20.5. The van der Waals surface area contributed by atoms with Crippen LogP contribution < -0.4 is 10.6 Å². The van der Waals surface area contributed by atoms with Gasteiger partial charge in [-0.05, 0) is 70.8 Å². The fraction of sp³-hybridized carbons (Fsp3) is 0. The van der Waals surface area contributed by atoms with Crippen LogP contribution in [0.5, 0.6) is 0 Å². The topological polar surface area (TPSA) is 75.3 Å². The van der Waals surface area contributed by atoms with Crippen LogP contribution in [0.4, 0.5) is 5.69 Å². The molecule has 0 heterocycles. The Morgan fingerprint density at radius 1 is 0.524 bits per heavy atom. The van der Waals surface area contributed by atoms with Crippen LogP contribution in [-0.4, -0.2) is 17.6 Å². The summed E-state index contributed by atoms with van der Waals surface area (Å²) in [5.74, 6) is -1.03. The van der Waals surface area contributed by atoms with Crippen molar-refractivity contribution in [1.82, 2.24) is 5.32 Å². The summed E-state index contributed by atoms with van der Waals surface area (Å²) in [5.41, 5.74) is 5.44. The zero-order valence-electron chi connectivity index (χ0n) is 22.7. The van der Waals surface area contributed by atoms with Crippen LogP contribution in [0.3, 0.4) is 0 Å². The second-order valence-electron chi connectivity index (χ2n) is 9.51. The summed E-state index contributed by atoms with van der Waals surface area (Å²) in [7, 11) is 0. The van der Waals surface area contributed by atoms with Gasteiger partial charge in [0.25, 0.3) is 11.8 Å². The number of allylic oxidation sites excluding steroid dienone is 1. The first-order valence-corrected chi connectivity index (χ1v) is 13.5. The molecular formula is C37H28N2O3. The molecule has 42 heavy (non-hydrogen) atoms. The molecule has 5 rings (SSSR count). The van der Waals surface area contributed by atoms with Gasteiger partial charge in [-0.3, -0.25) is 14.4 Å². The van der Waals surface area contributed by atoms with Crippen molar-refractivity contribution in [2.75, 3.05) is 5.32 Å². The molecule has 0 saturated heterocycles. The quantitative estimate of drug-likeness (QED) is 0.147. The van der Waals surface area contributed by atoms with Crippen LogP contribution in [0, 0.1) is 0 Å². The molecule has 0 atom stereocenters. The second kappa shape index (κ2) is 13.5. The van der Waals surface area contributed by atoms with Gasteiger partial charge >= 0.3 is 0 Å². The van der Waals surface area contributed by atoms with E-state index >= 15 is 0 Å². The minimum Gasteiger partial charge on any atom is -0.321 e. The number of carbonyl (C=O) groups excluding carboxylic acids is 3. The van der Waals surface area contributed by atoms with E-state index in [0.29, 0.717) is 16.8 Å². The molecule has 0 aliphatic rings. The third-order valence-electron chi connectivity index (χ3n) is 6.51. The van der Waals surface area contributed by atoms with E-state index in [-0.39, 0.29) is 11.5 Å². The summed E-state index contributed by atoms with van der Waals surface area (Å²) in [5, 5.41) is 5.53. The smallest absolute Gasteiger partial charge is 0.272 e. The van der Waals surface area contributed by atoms with E-state index in [1.807, 2.05) is 78.9 Å². The van der Waals surface area contributed by atoms with Gasteiger partial charge < -0.3 is 10.6 Å². The molecule has 0 bridgehead atoms. The molecule has 0 aliphatic heterocycles. The normalized spacial score (nSPS) is 11.2. The fourth-order valence-electron chi connectivity index (χ4n) is 4.26. The van der Waals surface area contributed by atoms with E-state index in [1.54, 1.807) is 60.7 Å². The molecule has 5 aromatic carbocycles. The third-order valence-corrected chi connectivity index (χ3v) is 6.51. The molecular weight excluding hydrogens is 520 g/mol. The lowest BCUT2D eigenvalue weighted by atomic mass is 10.0. The monoisotopic (exact) mass is 548 g/mol. The summed E-state index contributed by atoms with van der Waals surface area (Å²) in [6.07, 6.45) is 4.93. The van der Waals surface area contributed by atoms with E-state index in [4.69, 9.17) is 0 Å². The molecule has 0 unspecified atom stereocenters. The Hall–Kier alpha value is -5.81. The van der Waals surface area contributed by atoms with Crippen molar-refractivity contribution in [2.24, 2.45) is 0 Å². The maximum absolute atomic E-state index is 13.2. The van der Waals surface area contributed by atoms with Gasteiger partial charge in [-0.15, -0.1) is 0 Å². The van der Waals surface area contributed by atoms with Crippen molar-refractivity contribution >= 4 is 35.4 Å². The molecule has 5 nitrogen and oxygen atoms in total. The summed E-state index contributed by atoms with van der Waals surface area (Å²) in [4.78, 5) is 38.8. The first kappa shape index (κ1) is 27.7. The minimum atomic E-state index is -0.485. The van der Waals surface area contributed by atoms with Crippen molar-refractivity contribution in [3.63, 3.8) is 0 Å². The molecule has 5 heteroatoms. The van der Waals surface area contributed by atoms with Gasteiger partial charge in [0.2, 0.25) is 0 Å². The zero-order valence-corrected chi connectivity index (χ0v) is 22.7. The highest BCUT2D eigenvalue weighted by atomic mass is 16.2. The standard InChI is InChI=1S/C37H28N2O3/c40-35(25-18-27-16-19-30(20-17-27)29-12-6-2-7-13-29)31-21-23-33(24-22-31)38-37(42)34(26-28-10-4-1-5-11-28)39-36(41)32-14-8-3-9-15-32/h1-26H,(H,38,42)(H,39,41)/b25-18+,34-26-. The number of amides is 2. The van der Waals surface area contributed by atoms with Crippen LogP contribution in [0.15, 0.2) is 151 Å². The summed E-state index contributed by atoms with van der Waals surface area (Å²) >= 11 is 0. The van der Waals surface area contributed by atoms with Gasteiger partial charge in [-0.1, -0.05) is 109 Å². The number of hydrogen-bond acceptors (Lipinski definition) is 3. The molecule has 204 valence electrons. The molecule has 5 aromatic rings. The van der Waals surface area contributed by atoms with Crippen LogP contribution >= 0.6 is 0 Å². The Morgan fingerprint density at radius 3 is 1.74 bits per heavy atom. The predicted molar refractivity (Wildman–Crippen MR) is 169 cm³/mol. The lowest BCUT2D eigenvalue weighted by Crippen LogP contribution is -2.30. The Balaban J connectivity index is 1.24. The molecule has 0 saturated carbocycles. The van der Waals surface area contributed by atoms with Crippen molar-refractivity contribution in [3.8, 4) is 11.1 Å². The highest BCUT2D eigenvalue weighted by molar-refractivity contribution is 6.11. The lowest BCUT2D eigenvalue weighted by Gasteiger charge is -2.12. The maximum Gasteiger partial charge on any atom is 0.272 e. The van der Waals surface area contributed by atoms with Crippen molar-refractivity contribution in [3.05, 3.63) is 174 Å². The van der Waals surface area contributed by atoms with Crippen LogP contribution in [0.2, 0.25) is 0 Å². The second-order valence-corrected chi connectivity index (χ2v) is 9.51. The van der Waals surface area contributed by atoms with E-state index < -0.39 is 11.8 Å². The molecule has 2 amide bonds. The molecule has 0 spiro atoms. The van der Waals surface area contributed by atoms with E-state index in [0.717, 1.165) is 22.3 Å². The van der Waals surface area contributed by atoms with Gasteiger partial charge in [0.1, 0.15) is 5.70 Å². The lowest BCUT2D eigenvalue weighted by molar-refractivity contribution is -0.113. The van der Waals surface area contributed by atoms with Gasteiger partial charge in [-0.2, -0.15) is 0 Å². The number of ketones is 1. The van der Waals surface area contributed by atoms with Crippen LogP contribution in [-0.2, 0) is 4.79 Å². The number of rotatable bonds is 9.